The third-order valence-electron chi connectivity index (χ3n) is 5.44. The zero-order valence-electron chi connectivity index (χ0n) is 17.5. The zero-order valence-corrected chi connectivity index (χ0v) is 17.5. The molecule has 0 aromatic heterocycles. The molecule has 2 aliphatic rings. The molecule has 0 aliphatic carbocycles. The monoisotopic (exact) mass is 424 g/mol. The van der Waals surface area contributed by atoms with Gasteiger partial charge in [0.1, 0.15) is 24.2 Å². The van der Waals surface area contributed by atoms with E-state index in [4.69, 9.17) is 4.74 Å². The molecule has 0 spiro atoms. The summed E-state index contributed by atoms with van der Waals surface area (Å²) in [6.45, 7) is 4.06. The van der Waals surface area contributed by atoms with Crippen LogP contribution in [0.2, 0.25) is 0 Å². The van der Waals surface area contributed by atoms with Crippen molar-refractivity contribution < 1.29 is 18.7 Å². The maximum atomic E-state index is 13.7. The Morgan fingerprint density at radius 2 is 2.00 bits per heavy atom. The molecular formula is C23H25FN4O3. The predicted molar refractivity (Wildman–Crippen MR) is 114 cm³/mol. The van der Waals surface area contributed by atoms with E-state index in [0.29, 0.717) is 24.3 Å². The van der Waals surface area contributed by atoms with Gasteiger partial charge in [0, 0.05) is 18.1 Å². The summed E-state index contributed by atoms with van der Waals surface area (Å²) >= 11 is 0. The maximum absolute atomic E-state index is 13.7. The molecule has 4 rings (SSSR count). The van der Waals surface area contributed by atoms with Gasteiger partial charge in [0.25, 0.3) is 5.91 Å². The van der Waals surface area contributed by atoms with Crippen molar-refractivity contribution in [2.24, 2.45) is 0 Å². The number of aryl methyl sites for hydroxylation is 1. The molecule has 1 fully saturated rings. The van der Waals surface area contributed by atoms with Gasteiger partial charge in [-0.3, -0.25) is 9.59 Å². The van der Waals surface area contributed by atoms with Crippen molar-refractivity contribution in [2.75, 3.05) is 18.5 Å². The van der Waals surface area contributed by atoms with Gasteiger partial charge < -0.3 is 20.0 Å². The Hall–Kier alpha value is -3.39. The average molecular weight is 424 g/mol. The van der Waals surface area contributed by atoms with Gasteiger partial charge in [-0.1, -0.05) is 18.2 Å². The zero-order chi connectivity index (χ0) is 22.0. The van der Waals surface area contributed by atoms with Crippen LogP contribution in [-0.4, -0.2) is 40.9 Å². The van der Waals surface area contributed by atoms with Gasteiger partial charge in [0.05, 0.1) is 12.6 Å². The van der Waals surface area contributed by atoms with Crippen molar-refractivity contribution in [1.82, 2.24) is 15.3 Å². The van der Waals surface area contributed by atoms with Crippen LogP contribution in [0.25, 0.3) is 0 Å². The smallest absolute Gasteiger partial charge is 0.251 e. The predicted octanol–water partition coefficient (Wildman–Crippen LogP) is 3.10. The number of halogens is 1. The summed E-state index contributed by atoms with van der Waals surface area (Å²) in [7, 11) is 0. The Morgan fingerprint density at radius 3 is 2.71 bits per heavy atom. The summed E-state index contributed by atoms with van der Waals surface area (Å²) in [4.78, 5) is 26.7. The van der Waals surface area contributed by atoms with Crippen molar-refractivity contribution in [3.63, 3.8) is 0 Å². The first-order valence-corrected chi connectivity index (χ1v) is 10.3. The van der Waals surface area contributed by atoms with Gasteiger partial charge in [0.2, 0.25) is 5.91 Å². The van der Waals surface area contributed by atoms with Crippen molar-refractivity contribution in [1.29, 1.82) is 0 Å². The van der Waals surface area contributed by atoms with E-state index in [0.717, 1.165) is 11.3 Å². The lowest BCUT2D eigenvalue weighted by atomic mass is 10.0. The number of amides is 2. The Balaban J connectivity index is 1.37. The lowest BCUT2D eigenvalue weighted by molar-refractivity contribution is -0.137. The number of ether oxygens (including phenoxy) is 1. The van der Waals surface area contributed by atoms with Crippen LogP contribution in [0.1, 0.15) is 30.5 Å². The quantitative estimate of drug-likeness (QED) is 0.746. The SMILES string of the molecule is CCOc1ccc(C2CC3C(=O)N(CC(=O)Nc4ccc(C)c(F)c4)C=CN3N2)cc1. The lowest BCUT2D eigenvalue weighted by Gasteiger charge is -2.31. The van der Waals surface area contributed by atoms with E-state index in [-0.39, 0.29) is 30.2 Å². The summed E-state index contributed by atoms with van der Waals surface area (Å²) in [5.74, 6) is -0.124. The summed E-state index contributed by atoms with van der Waals surface area (Å²) < 4.78 is 19.2. The lowest BCUT2D eigenvalue weighted by Crippen LogP contribution is -2.49. The Morgan fingerprint density at radius 1 is 1.23 bits per heavy atom. The number of nitrogens with zero attached hydrogens (tertiary/aromatic N) is 2. The highest BCUT2D eigenvalue weighted by molar-refractivity contribution is 5.96. The van der Waals surface area contributed by atoms with E-state index in [1.54, 1.807) is 36.5 Å². The first kappa shape index (κ1) is 20.9. The van der Waals surface area contributed by atoms with Crippen molar-refractivity contribution in [2.45, 2.75) is 32.4 Å². The molecule has 31 heavy (non-hydrogen) atoms. The Labute approximate surface area is 180 Å². The minimum absolute atomic E-state index is 0.0152. The molecule has 2 aromatic carbocycles. The van der Waals surface area contributed by atoms with Crippen LogP contribution in [0.4, 0.5) is 10.1 Å². The normalized spacial score (nSPS) is 20.0. The fourth-order valence-corrected chi connectivity index (χ4v) is 3.77. The number of carbonyl (C=O) groups excluding carboxylic acids is 2. The highest BCUT2D eigenvalue weighted by atomic mass is 19.1. The second kappa shape index (κ2) is 8.77. The van der Waals surface area contributed by atoms with Crippen LogP contribution in [0.5, 0.6) is 5.75 Å². The molecule has 2 aliphatic heterocycles. The second-order valence-electron chi connectivity index (χ2n) is 7.62. The first-order chi connectivity index (χ1) is 14.9. The number of rotatable bonds is 6. The summed E-state index contributed by atoms with van der Waals surface area (Å²) in [6.07, 6.45) is 3.93. The highest BCUT2D eigenvalue weighted by Gasteiger charge is 2.40. The van der Waals surface area contributed by atoms with E-state index in [2.05, 4.69) is 10.7 Å². The van der Waals surface area contributed by atoms with Crippen molar-refractivity contribution in [3.05, 3.63) is 71.8 Å². The van der Waals surface area contributed by atoms with Crippen LogP contribution in [0.3, 0.4) is 0 Å². The molecule has 0 bridgehead atoms. The Kier molecular flexibility index (Phi) is 5.90. The minimum atomic E-state index is -0.397. The third kappa shape index (κ3) is 4.54. The van der Waals surface area contributed by atoms with Gasteiger partial charge in [-0.2, -0.15) is 0 Å². The molecular weight excluding hydrogens is 399 g/mol. The van der Waals surface area contributed by atoms with Gasteiger partial charge in [-0.15, -0.1) is 0 Å². The molecule has 2 aromatic rings. The molecule has 0 radical (unpaired) electrons. The van der Waals surface area contributed by atoms with E-state index in [1.807, 2.05) is 31.2 Å². The second-order valence-corrected chi connectivity index (χ2v) is 7.62. The highest BCUT2D eigenvalue weighted by Crippen LogP contribution is 2.31. The number of hydrazine groups is 1. The summed E-state index contributed by atoms with van der Waals surface area (Å²) in [6, 6.07) is 11.9. The van der Waals surface area contributed by atoms with Crippen molar-refractivity contribution in [3.8, 4) is 5.75 Å². The topological polar surface area (TPSA) is 73.9 Å². The van der Waals surface area contributed by atoms with Crippen LogP contribution in [0.15, 0.2) is 54.9 Å². The van der Waals surface area contributed by atoms with Crippen LogP contribution < -0.4 is 15.5 Å². The summed E-state index contributed by atoms with van der Waals surface area (Å²) in [5, 5.41) is 4.42. The molecule has 2 atom stereocenters. The maximum Gasteiger partial charge on any atom is 0.251 e. The molecule has 0 saturated carbocycles. The molecule has 1 saturated heterocycles. The number of carbonyl (C=O) groups is 2. The number of anilines is 1. The van der Waals surface area contributed by atoms with E-state index in [1.165, 1.54) is 11.0 Å². The van der Waals surface area contributed by atoms with Gasteiger partial charge in [-0.05, 0) is 55.7 Å². The molecule has 162 valence electrons. The number of benzene rings is 2. The number of nitrogens with one attached hydrogen (secondary N) is 2. The van der Waals surface area contributed by atoms with E-state index >= 15 is 0 Å². The van der Waals surface area contributed by atoms with Gasteiger partial charge in [-0.25, -0.2) is 9.82 Å². The van der Waals surface area contributed by atoms with Gasteiger partial charge in [0.15, 0.2) is 0 Å². The van der Waals surface area contributed by atoms with Crippen molar-refractivity contribution >= 4 is 17.5 Å². The minimum Gasteiger partial charge on any atom is -0.494 e. The van der Waals surface area contributed by atoms with Crippen LogP contribution in [-0.2, 0) is 9.59 Å². The van der Waals surface area contributed by atoms with E-state index < -0.39 is 6.04 Å². The van der Waals surface area contributed by atoms with Gasteiger partial charge >= 0.3 is 0 Å². The molecule has 8 heteroatoms. The average Bonchev–Trinajstić information content (AvgIpc) is 3.19. The summed E-state index contributed by atoms with van der Waals surface area (Å²) in [5.41, 5.74) is 5.26. The number of hydrogen-bond donors (Lipinski definition) is 2. The van der Waals surface area contributed by atoms with E-state index in [9.17, 15) is 14.0 Å². The fourth-order valence-electron chi connectivity index (χ4n) is 3.77. The number of fused-ring (bicyclic) bond motifs is 1. The molecule has 2 amide bonds. The Bertz CT molecular complexity index is 1010. The third-order valence-corrected chi connectivity index (χ3v) is 5.44. The molecule has 2 unspecified atom stereocenters. The number of hydrogen-bond acceptors (Lipinski definition) is 5. The van der Waals surface area contributed by atoms with Crippen LogP contribution >= 0.6 is 0 Å². The standard InChI is InChI=1S/C23H25FN4O3/c1-3-31-18-8-5-16(6-9-18)20-13-21-23(30)27(10-11-28(21)26-20)14-22(29)25-17-7-4-15(2)19(24)12-17/h4-12,20-21,26H,3,13-14H2,1-2H3,(H,25,29). The molecule has 7 nitrogen and oxygen atoms in total. The first-order valence-electron chi connectivity index (χ1n) is 10.3. The van der Waals surface area contributed by atoms with Crippen LogP contribution in [0, 0.1) is 12.7 Å². The fraction of sp³-hybridized carbons (Fsp3) is 0.304. The molecule has 2 heterocycles. The largest absolute Gasteiger partial charge is 0.494 e. The molecule has 2 N–H and O–H groups in total.